The van der Waals surface area contributed by atoms with Gasteiger partial charge in [0.05, 0.1) is 5.41 Å². The molecular weight excluding hydrogens is 234 g/mol. The van der Waals surface area contributed by atoms with E-state index < -0.39 is 0 Å². The maximum absolute atomic E-state index is 12.9. The molecule has 0 bridgehead atoms. The number of carbonyl (C=O) groups is 1. The molecule has 19 heavy (non-hydrogen) atoms. The van der Waals surface area contributed by atoms with Gasteiger partial charge in [0.2, 0.25) is 5.91 Å². The van der Waals surface area contributed by atoms with Crippen LogP contribution in [0.4, 0.5) is 0 Å². The predicted molar refractivity (Wildman–Crippen MR) is 76.9 cm³/mol. The van der Waals surface area contributed by atoms with Crippen molar-refractivity contribution in [2.24, 2.45) is 11.8 Å². The second-order valence-electron chi connectivity index (χ2n) is 6.60. The fourth-order valence-corrected chi connectivity index (χ4v) is 3.64. The molecule has 2 heteroatoms. The Hall–Kier alpha value is -1.31. The summed E-state index contributed by atoms with van der Waals surface area (Å²) in [5.74, 6) is 1.65. The van der Waals surface area contributed by atoms with E-state index in [1.165, 1.54) is 12.0 Å². The van der Waals surface area contributed by atoms with Crippen LogP contribution < -0.4 is 0 Å². The van der Waals surface area contributed by atoms with Gasteiger partial charge in [0, 0.05) is 13.1 Å². The van der Waals surface area contributed by atoms with Crippen LogP contribution in [0.5, 0.6) is 0 Å². The van der Waals surface area contributed by atoms with Gasteiger partial charge < -0.3 is 4.90 Å². The van der Waals surface area contributed by atoms with E-state index in [1.54, 1.807) is 0 Å². The Balaban J connectivity index is 1.80. The van der Waals surface area contributed by atoms with Gasteiger partial charge in [-0.25, -0.2) is 0 Å². The normalized spacial score (nSPS) is 29.1. The highest BCUT2D eigenvalue weighted by Gasteiger charge is 2.53. The van der Waals surface area contributed by atoms with E-state index in [1.807, 2.05) is 18.2 Å². The third kappa shape index (κ3) is 2.29. The molecular formula is C17H23NO. The third-order valence-electron chi connectivity index (χ3n) is 4.64. The fourth-order valence-electron chi connectivity index (χ4n) is 3.64. The van der Waals surface area contributed by atoms with E-state index in [2.05, 4.69) is 30.9 Å². The van der Waals surface area contributed by atoms with Crippen LogP contribution in [-0.2, 0) is 10.2 Å². The lowest BCUT2D eigenvalue weighted by Crippen LogP contribution is -2.47. The van der Waals surface area contributed by atoms with Gasteiger partial charge in [-0.1, -0.05) is 44.2 Å². The van der Waals surface area contributed by atoms with Gasteiger partial charge in [-0.3, -0.25) is 4.79 Å². The molecule has 2 unspecified atom stereocenters. The van der Waals surface area contributed by atoms with Gasteiger partial charge in [-0.2, -0.15) is 0 Å². The lowest BCUT2D eigenvalue weighted by Gasteiger charge is -2.37. The first-order valence-corrected chi connectivity index (χ1v) is 7.47. The molecule has 102 valence electrons. The monoisotopic (exact) mass is 257 g/mol. The Morgan fingerprint density at radius 3 is 2.21 bits per heavy atom. The van der Waals surface area contributed by atoms with Gasteiger partial charge in [-0.15, -0.1) is 0 Å². The number of benzene rings is 1. The van der Waals surface area contributed by atoms with Crippen LogP contribution in [0.15, 0.2) is 30.3 Å². The highest BCUT2D eigenvalue weighted by atomic mass is 16.2. The molecule has 0 radical (unpaired) electrons. The number of carbonyl (C=O) groups excluding carboxylic acids is 1. The molecule has 2 fully saturated rings. The van der Waals surface area contributed by atoms with Gasteiger partial charge >= 0.3 is 0 Å². The summed E-state index contributed by atoms with van der Waals surface area (Å²) in [6.07, 6.45) is 3.30. The highest BCUT2D eigenvalue weighted by molar-refractivity contribution is 5.91. The SMILES string of the molecule is CC1CC(C)CN(C(=O)C2(c3ccccc3)CC2)C1. The molecule has 1 heterocycles. The summed E-state index contributed by atoms with van der Waals surface area (Å²) in [5, 5.41) is 0. The topological polar surface area (TPSA) is 20.3 Å². The van der Waals surface area contributed by atoms with Gasteiger partial charge in [-0.05, 0) is 36.7 Å². The van der Waals surface area contributed by atoms with Crippen molar-refractivity contribution in [3.63, 3.8) is 0 Å². The zero-order chi connectivity index (χ0) is 13.5. The quantitative estimate of drug-likeness (QED) is 0.796. The Morgan fingerprint density at radius 1 is 1.11 bits per heavy atom. The maximum atomic E-state index is 12.9. The molecule has 0 aromatic heterocycles. The smallest absolute Gasteiger partial charge is 0.233 e. The summed E-state index contributed by atoms with van der Waals surface area (Å²) in [6.45, 7) is 6.41. The van der Waals surface area contributed by atoms with Gasteiger partial charge in [0.25, 0.3) is 0 Å². The molecule has 2 atom stereocenters. The Labute approximate surface area is 115 Å². The number of piperidine rings is 1. The second kappa shape index (κ2) is 4.66. The Bertz CT molecular complexity index is 453. The van der Waals surface area contributed by atoms with Crippen LogP contribution in [-0.4, -0.2) is 23.9 Å². The Morgan fingerprint density at radius 2 is 1.68 bits per heavy atom. The van der Waals surface area contributed by atoms with Crippen LogP contribution in [0.3, 0.4) is 0 Å². The minimum absolute atomic E-state index is 0.182. The molecule has 1 aliphatic carbocycles. The van der Waals surface area contributed by atoms with Crippen molar-refractivity contribution in [3.8, 4) is 0 Å². The van der Waals surface area contributed by atoms with Crippen LogP contribution in [0.1, 0.15) is 38.7 Å². The molecule has 0 N–H and O–H groups in total. The third-order valence-corrected chi connectivity index (χ3v) is 4.64. The van der Waals surface area contributed by atoms with Crippen molar-refractivity contribution >= 4 is 5.91 Å². The van der Waals surface area contributed by atoms with E-state index in [0.29, 0.717) is 17.7 Å². The van der Waals surface area contributed by atoms with Crippen molar-refractivity contribution in [3.05, 3.63) is 35.9 Å². The first kappa shape index (κ1) is 12.7. The maximum Gasteiger partial charge on any atom is 0.233 e. The van der Waals surface area contributed by atoms with Crippen molar-refractivity contribution in [2.45, 2.75) is 38.5 Å². The Kier molecular flexibility index (Phi) is 3.12. The molecule has 1 aliphatic heterocycles. The zero-order valence-corrected chi connectivity index (χ0v) is 11.9. The van der Waals surface area contributed by atoms with Crippen LogP contribution in [0.2, 0.25) is 0 Å². The molecule has 1 saturated carbocycles. The molecule has 1 aromatic carbocycles. The minimum atomic E-state index is -0.182. The number of hydrogen-bond donors (Lipinski definition) is 0. The summed E-state index contributed by atoms with van der Waals surface area (Å²) in [7, 11) is 0. The van der Waals surface area contributed by atoms with E-state index >= 15 is 0 Å². The molecule has 2 aliphatic rings. The predicted octanol–water partition coefficient (Wildman–Crippen LogP) is 3.22. The lowest BCUT2D eigenvalue weighted by molar-refractivity contribution is -0.136. The summed E-state index contributed by atoms with van der Waals surface area (Å²) in [4.78, 5) is 15.0. The minimum Gasteiger partial charge on any atom is -0.341 e. The van der Waals surface area contributed by atoms with Crippen molar-refractivity contribution in [1.29, 1.82) is 0 Å². The van der Waals surface area contributed by atoms with E-state index in [4.69, 9.17) is 0 Å². The van der Waals surface area contributed by atoms with Crippen LogP contribution in [0, 0.1) is 11.8 Å². The number of nitrogens with zero attached hydrogens (tertiary/aromatic N) is 1. The highest BCUT2D eigenvalue weighted by Crippen LogP contribution is 2.50. The second-order valence-corrected chi connectivity index (χ2v) is 6.60. The van der Waals surface area contributed by atoms with E-state index in [9.17, 15) is 4.79 Å². The number of rotatable bonds is 2. The standard InChI is InChI=1S/C17H23NO/c1-13-10-14(2)12-18(11-13)16(19)17(8-9-17)15-6-4-3-5-7-15/h3-7,13-14H,8-12H2,1-2H3. The average Bonchev–Trinajstić information content (AvgIpc) is 3.19. The zero-order valence-electron chi connectivity index (χ0n) is 11.9. The molecule has 3 rings (SSSR count). The molecule has 1 aromatic rings. The first-order chi connectivity index (χ1) is 9.12. The number of likely N-dealkylation sites (tertiary alicyclic amines) is 1. The molecule has 0 spiro atoms. The van der Waals surface area contributed by atoms with Crippen molar-refractivity contribution in [2.75, 3.05) is 13.1 Å². The average molecular weight is 257 g/mol. The summed E-state index contributed by atoms with van der Waals surface area (Å²) in [5.41, 5.74) is 1.03. The van der Waals surface area contributed by atoms with E-state index in [-0.39, 0.29) is 5.41 Å². The fraction of sp³-hybridized carbons (Fsp3) is 0.588. The van der Waals surface area contributed by atoms with Crippen LogP contribution in [0.25, 0.3) is 0 Å². The van der Waals surface area contributed by atoms with E-state index in [0.717, 1.165) is 25.9 Å². The summed E-state index contributed by atoms with van der Waals surface area (Å²) in [6, 6.07) is 10.3. The largest absolute Gasteiger partial charge is 0.341 e. The molecule has 2 nitrogen and oxygen atoms in total. The number of hydrogen-bond acceptors (Lipinski definition) is 1. The van der Waals surface area contributed by atoms with Gasteiger partial charge in [0.1, 0.15) is 0 Å². The van der Waals surface area contributed by atoms with Crippen molar-refractivity contribution in [1.82, 2.24) is 4.90 Å². The van der Waals surface area contributed by atoms with Crippen LogP contribution >= 0.6 is 0 Å². The van der Waals surface area contributed by atoms with Crippen molar-refractivity contribution < 1.29 is 4.79 Å². The van der Waals surface area contributed by atoms with Gasteiger partial charge in [0.15, 0.2) is 0 Å². The lowest BCUT2D eigenvalue weighted by atomic mass is 9.88. The number of amides is 1. The molecule has 1 saturated heterocycles. The summed E-state index contributed by atoms with van der Waals surface area (Å²) >= 11 is 0. The molecule has 1 amide bonds. The summed E-state index contributed by atoms with van der Waals surface area (Å²) < 4.78 is 0. The first-order valence-electron chi connectivity index (χ1n) is 7.47.